The number of amides is 1. The molecule has 3 heterocycles. The summed E-state index contributed by atoms with van der Waals surface area (Å²) in [5.41, 5.74) is 3.27. The van der Waals surface area contributed by atoms with Gasteiger partial charge in [0.25, 0.3) is 5.91 Å². The van der Waals surface area contributed by atoms with E-state index in [-0.39, 0.29) is 10.5 Å². The molecular formula is C24H27N5O4S. The smallest absolute Gasteiger partial charge is 0.257 e. The first-order valence-corrected chi connectivity index (χ1v) is 12.9. The number of carbonyl (C=O) groups excluding carboxylic acids is 1. The Bertz CT molecular complexity index is 1310. The lowest BCUT2D eigenvalue weighted by atomic mass is 10.1. The molecule has 1 fully saturated rings. The van der Waals surface area contributed by atoms with Crippen molar-refractivity contribution in [2.45, 2.75) is 30.7 Å². The minimum atomic E-state index is -3.96. The van der Waals surface area contributed by atoms with E-state index in [1.165, 1.54) is 12.1 Å². The summed E-state index contributed by atoms with van der Waals surface area (Å²) in [6.07, 6.45) is 5.33. The van der Waals surface area contributed by atoms with Crippen LogP contribution in [-0.2, 0) is 27.7 Å². The molecule has 0 unspecified atom stereocenters. The van der Waals surface area contributed by atoms with Gasteiger partial charge >= 0.3 is 0 Å². The number of morpholine rings is 1. The number of nitrogens with zero attached hydrogens (tertiary/aromatic N) is 3. The van der Waals surface area contributed by atoms with Crippen LogP contribution in [0, 0.1) is 0 Å². The van der Waals surface area contributed by atoms with E-state index in [2.05, 4.69) is 16.1 Å². The van der Waals surface area contributed by atoms with Gasteiger partial charge in [-0.05, 0) is 43.2 Å². The molecule has 0 atom stereocenters. The molecule has 0 radical (unpaired) electrons. The Labute approximate surface area is 198 Å². The molecule has 5 rings (SSSR count). The summed E-state index contributed by atoms with van der Waals surface area (Å²) in [5.74, 6) is 0.680. The van der Waals surface area contributed by atoms with Crippen molar-refractivity contribution in [3.05, 3.63) is 60.0 Å². The molecule has 2 aliphatic heterocycles. The molecule has 10 heteroatoms. The Morgan fingerprint density at radius 3 is 2.65 bits per heavy atom. The molecule has 9 nitrogen and oxygen atoms in total. The number of imidazole rings is 1. The Hall–Kier alpha value is -3.21. The fourth-order valence-corrected chi connectivity index (χ4v) is 5.00. The van der Waals surface area contributed by atoms with E-state index in [1.807, 2.05) is 23.1 Å². The van der Waals surface area contributed by atoms with Crippen molar-refractivity contribution in [1.29, 1.82) is 0 Å². The van der Waals surface area contributed by atoms with Gasteiger partial charge in [0, 0.05) is 49.2 Å². The monoisotopic (exact) mass is 481 g/mol. The highest BCUT2D eigenvalue weighted by molar-refractivity contribution is 7.89. The van der Waals surface area contributed by atoms with Crippen LogP contribution in [0.5, 0.6) is 0 Å². The number of anilines is 2. The van der Waals surface area contributed by atoms with Gasteiger partial charge in [-0.15, -0.1) is 0 Å². The van der Waals surface area contributed by atoms with E-state index < -0.39 is 15.9 Å². The number of benzene rings is 2. The molecule has 3 aromatic rings. The number of fused-ring (bicyclic) bond motifs is 1. The van der Waals surface area contributed by atoms with Crippen LogP contribution in [-0.4, -0.2) is 50.2 Å². The van der Waals surface area contributed by atoms with Crippen LogP contribution >= 0.6 is 0 Å². The fourth-order valence-electron chi connectivity index (χ4n) is 4.46. The predicted molar refractivity (Wildman–Crippen MR) is 129 cm³/mol. The van der Waals surface area contributed by atoms with Gasteiger partial charge in [0.15, 0.2) is 0 Å². The van der Waals surface area contributed by atoms with Gasteiger partial charge < -0.3 is 19.5 Å². The van der Waals surface area contributed by atoms with Crippen LogP contribution in [0.3, 0.4) is 0 Å². The normalized spacial score (nSPS) is 16.2. The molecule has 2 aliphatic rings. The summed E-state index contributed by atoms with van der Waals surface area (Å²) >= 11 is 0. The topological polar surface area (TPSA) is 120 Å². The lowest BCUT2D eigenvalue weighted by Crippen LogP contribution is -2.37. The van der Waals surface area contributed by atoms with E-state index >= 15 is 0 Å². The molecule has 1 saturated heterocycles. The Morgan fingerprint density at radius 2 is 1.88 bits per heavy atom. The maximum Gasteiger partial charge on any atom is 0.257 e. The number of nitrogens with two attached hydrogens (primary N) is 1. The van der Waals surface area contributed by atoms with Crippen LogP contribution in [0.25, 0.3) is 11.3 Å². The SMILES string of the molecule is NS(=O)(=O)c1ccc(N2CCOCC2)c(C(=O)Nc2cccc(-c3cn4c(n3)CCCC4)c2)c1. The molecule has 34 heavy (non-hydrogen) atoms. The zero-order valence-corrected chi connectivity index (χ0v) is 19.6. The lowest BCUT2D eigenvalue weighted by molar-refractivity contribution is 0.102. The van der Waals surface area contributed by atoms with Crippen molar-refractivity contribution in [3.8, 4) is 11.3 Å². The highest BCUT2D eigenvalue weighted by Gasteiger charge is 2.22. The van der Waals surface area contributed by atoms with Crippen molar-refractivity contribution in [3.63, 3.8) is 0 Å². The highest BCUT2D eigenvalue weighted by Crippen LogP contribution is 2.28. The van der Waals surface area contributed by atoms with Crippen molar-refractivity contribution >= 4 is 27.3 Å². The van der Waals surface area contributed by atoms with Crippen molar-refractivity contribution < 1.29 is 17.9 Å². The number of sulfonamides is 1. The van der Waals surface area contributed by atoms with Gasteiger partial charge in [-0.1, -0.05) is 12.1 Å². The predicted octanol–water partition coefficient (Wildman–Crippen LogP) is 2.62. The zero-order chi connectivity index (χ0) is 23.7. The third-order valence-corrected chi connectivity index (χ3v) is 7.13. The summed E-state index contributed by atoms with van der Waals surface area (Å²) in [7, 11) is -3.96. The quantitative estimate of drug-likeness (QED) is 0.578. The van der Waals surface area contributed by atoms with Crippen molar-refractivity contribution in [2.24, 2.45) is 5.14 Å². The maximum atomic E-state index is 13.3. The molecule has 1 aromatic heterocycles. The molecule has 0 saturated carbocycles. The molecule has 2 aromatic carbocycles. The van der Waals surface area contributed by atoms with E-state index in [1.54, 1.807) is 12.1 Å². The number of rotatable bonds is 5. The maximum absolute atomic E-state index is 13.3. The van der Waals surface area contributed by atoms with Crippen LogP contribution < -0.4 is 15.4 Å². The van der Waals surface area contributed by atoms with Gasteiger partial charge in [0.2, 0.25) is 10.0 Å². The number of primary sulfonamides is 1. The Kier molecular flexibility index (Phi) is 6.11. The second kappa shape index (κ2) is 9.21. The summed E-state index contributed by atoms with van der Waals surface area (Å²) in [5, 5.41) is 8.25. The lowest BCUT2D eigenvalue weighted by Gasteiger charge is -2.30. The second-order valence-corrected chi connectivity index (χ2v) is 10.1. The number of aryl methyl sites for hydroxylation is 2. The third kappa shape index (κ3) is 4.70. The first-order chi connectivity index (χ1) is 16.4. The molecular weight excluding hydrogens is 454 g/mol. The third-order valence-electron chi connectivity index (χ3n) is 6.22. The molecule has 0 spiro atoms. The van der Waals surface area contributed by atoms with Gasteiger partial charge in [0.1, 0.15) is 5.82 Å². The van der Waals surface area contributed by atoms with E-state index in [0.29, 0.717) is 37.7 Å². The number of ether oxygens (including phenoxy) is 1. The summed E-state index contributed by atoms with van der Waals surface area (Å²) in [6, 6.07) is 11.9. The second-order valence-electron chi connectivity index (χ2n) is 8.55. The number of aromatic nitrogens is 2. The van der Waals surface area contributed by atoms with Crippen LogP contribution in [0.4, 0.5) is 11.4 Å². The minimum Gasteiger partial charge on any atom is -0.378 e. The van der Waals surface area contributed by atoms with E-state index in [9.17, 15) is 13.2 Å². The first kappa shape index (κ1) is 22.6. The zero-order valence-electron chi connectivity index (χ0n) is 18.7. The highest BCUT2D eigenvalue weighted by atomic mass is 32.2. The van der Waals surface area contributed by atoms with Crippen LogP contribution in [0.15, 0.2) is 53.6 Å². The standard InChI is InChI=1S/C24H27N5O4S/c25-34(31,32)19-7-8-22(28-10-12-33-13-11-28)20(15-19)24(30)26-18-5-3-4-17(14-18)21-16-29-9-2-1-6-23(29)27-21/h3-5,7-8,14-16H,1-2,6,9-13H2,(H,26,30)(H2,25,31,32). The van der Waals surface area contributed by atoms with E-state index in [4.69, 9.17) is 14.9 Å². The van der Waals surface area contributed by atoms with Gasteiger partial charge in [0.05, 0.1) is 29.4 Å². The minimum absolute atomic E-state index is 0.105. The number of nitrogens with one attached hydrogen (secondary N) is 1. The van der Waals surface area contributed by atoms with Gasteiger partial charge in [-0.25, -0.2) is 18.5 Å². The van der Waals surface area contributed by atoms with E-state index in [0.717, 1.165) is 42.9 Å². The molecule has 178 valence electrons. The van der Waals surface area contributed by atoms with Crippen LogP contribution in [0.1, 0.15) is 29.0 Å². The summed E-state index contributed by atoms with van der Waals surface area (Å²) in [6.45, 7) is 3.26. The van der Waals surface area contributed by atoms with Gasteiger partial charge in [-0.3, -0.25) is 4.79 Å². The van der Waals surface area contributed by atoms with Crippen molar-refractivity contribution in [2.75, 3.05) is 36.5 Å². The van der Waals surface area contributed by atoms with Crippen LogP contribution in [0.2, 0.25) is 0 Å². The Balaban J connectivity index is 1.44. The largest absolute Gasteiger partial charge is 0.378 e. The fraction of sp³-hybridized carbons (Fsp3) is 0.333. The molecule has 0 bridgehead atoms. The molecule has 1 amide bonds. The average Bonchev–Trinajstić information content (AvgIpc) is 3.28. The first-order valence-electron chi connectivity index (χ1n) is 11.4. The molecule has 0 aliphatic carbocycles. The molecule has 3 N–H and O–H groups in total. The Morgan fingerprint density at radius 1 is 1.06 bits per heavy atom. The number of hydrogen-bond donors (Lipinski definition) is 2. The van der Waals surface area contributed by atoms with Gasteiger partial charge in [-0.2, -0.15) is 0 Å². The average molecular weight is 482 g/mol. The van der Waals surface area contributed by atoms with Crippen molar-refractivity contribution in [1.82, 2.24) is 9.55 Å². The number of carbonyl (C=O) groups is 1. The summed E-state index contributed by atoms with van der Waals surface area (Å²) in [4.78, 5) is 20.0. The summed E-state index contributed by atoms with van der Waals surface area (Å²) < 4.78 is 31.5. The number of hydrogen-bond acceptors (Lipinski definition) is 6.